The molecule has 2 aromatic carbocycles. The van der Waals surface area contributed by atoms with Crippen molar-refractivity contribution >= 4 is 27.8 Å². The molecular weight excluding hydrogens is 302 g/mol. The molecule has 2 unspecified atom stereocenters. The molecule has 0 saturated carbocycles. The molecule has 0 nitrogen and oxygen atoms in total. The minimum absolute atomic E-state index is 0.991. The van der Waals surface area contributed by atoms with Gasteiger partial charge in [0.15, 0.2) is 0 Å². The van der Waals surface area contributed by atoms with Gasteiger partial charge in [-0.1, -0.05) is 89.7 Å². The predicted octanol–water partition coefficient (Wildman–Crippen LogP) is 5.17. The average Bonchev–Trinajstić information content (AvgIpc) is 2.53. The fraction of sp³-hybridized carbons (Fsp3) is 0.400. The van der Waals surface area contributed by atoms with Crippen LogP contribution in [0.2, 0.25) is 0 Å². The summed E-state index contributed by atoms with van der Waals surface area (Å²) < 4.78 is 0. The maximum Gasteiger partial charge on any atom is -0.0271 e. The first-order chi connectivity index (χ1) is 10.7. The maximum absolute atomic E-state index is 2.29. The molecule has 0 radical (unpaired) electrons. The summed E-state index contributed by atoms with van der Waals surface area (Å²) in [6.45, 7) is 4.31. The Hall–Kier alpha value is -0.700. The predicted molar refractivity (Wildman–Crippen MR) is 106 cm³/mol. The van der Waals surface area contributed by atoms with Crippen molar-refractivity contribution in [3.8, 4) is 0 Å². The minimum atomic E-state index is 0.991. The Morgan fingerprint density at radius 1 is 0.545 bits per heavy atom. The van der Waals surface area contributed by atoms with Crippen LogP contribution < -0.4 is 10.6 Å². The second-order valence-corrected chi connectivity index (χ2v) is 8.86. The number of hydrogen-bond acceptors (Lipinski definition) is 0. The molecule has 0 fully saturated rings. The molecule has 0 saturated heterocycles. The summed E-state index contributed by atoms with van der Waals surface area (Å²) in [5.74, 6) is 0. The zero-order valence-corrected chi connectivity index (χ0v) is 15.9. The molecule has 118 valence electrons. The molecule has 0 aliphatic carbocycles. The van der Waals surface area contributed by atoms with Crippen LogP contribution in [0.25, 0.3) is 0 Å². The number of hydrogen-bond donors (Lipinski definition) is 0. The third kappa shape index (κ3) is 7.04. The largest absolute Gasteiger partial charge is 0.0904 e. The Labute approximate surface area is 139 Å². The summed E-state index contributed by atoms with van der Waals surface area (Å²) in [7, 11) is 1.98. The molecule has 0 spiro atoms. The quantitative estimate of drug-likeness (QED) is 0.439. The molecule has 0 amide bonds. The van der Waals surface area contributed by atoms with Crippen LogP contribution in [-0.2, 0) is 0 Å². The van der Waals surface area contributed by atoms with Gasteiger partial charge in [0, 0.05) is 0 Å². The highest BCUT2D eigenvalue weighted by atomic mass is 31.1. The van der Waals surface area contributed by atoms with E-state index in [1.165, 1.54) is 59.7 Å². The Bertz CT molecular complexity index is 477. The van der Waals surface area contributed by atoms with Gasteiger partial charge in [-0.25, -0.2) is 0 Å². The van der Waals surface area contributed by atoms with Crippen molar-refractivity contribution < 1.29 is 0 Å². The Morgan fingerprint density at radius 3 is 1.27 bits per heavy atom. The normalized spacial score (nSPS) is 11.9. The summed E-state index contributed by atoms with van der Waals surface area (Å²) in [6, 6.07) is 18.1. The highest BCUT2D eigenvalue weighted by Crippen LogP contribution is 2.17. The first-order valence-corrected chi connectivity index (χ1v) is 10.8. The summed E-state index contributed by atoms with van der Waals surface area (Å²) in [6.07, 6.45) is 8.31. The monoisotopic (exact) mass is 330 g/mol. The summed E-state index contributed by atoms with van der Waals surface area (Å²) >= 11 is 0. The van der Waals surface area contributed by atoms with Crippen molar-refractivity contribution in [3.05, 3.63) is 59.7 Å². The van der Waals surface area contributed by atoms with E-state index in [1.807, 2.05) is 0 Å². The molecule has 0 aliphatic heterocycles. The Morgan fingerprint density at radius 2 is 0.909 bits per heavy atom. The fourth-order valence-electron chi connectivity index (χ4n) is 2.41. The van der Waals surface area contributed by atoms with E-state index >= 15 is 0 Å². The highest BCUT2D eigenvalue weighted by molar-refractivity contribution is 7.47. The third-order valence-electron chi connectivity index (χ3n) is 3.86. The van der Waals surface area contributed by atoms with E-state index in [1.54, 1.807) is 0 Å². The fourth-order valence-corrected chi connectivity index (χ4v) is 4.65. The first-order valence-electron chi connectivity index (χ1n) is 8.35. The molecule has 22 heavy (non-hydrogen) atoms. The van der Waals surface area contributed by atoms with E-state index in [4.69, 9.17) is 0 Å². The first kappa shape index (κ1) is 17.7. The van der Waals surface area contributed by atoms with Crippen molar-refractivity contribution in [2.24, 2.45) is 0 Å². The Balaban J connectivity index is 1.47. The van der Waals surface area contributed by atoms with E-state index < -0.39 is 0 Å². The lowest BCUT2D eigenvalue weighted by molar-refractivity contribution is 0.710. The van der Waals surface area contributed by atoms with Crippen molar-refractivity contribution in [3.63, 3.8) is 0 Å². The van der Waals surface area contributed by atoms with Crippen LogP contribution >= 0.6 is 17.2 Å². The van der Waals surface area contributed by atoms with Crippen LogP contribution in [0.15, 0.2) is 48.5 Å². The zero-order chi connectivity index (χ0) is 15.6. The van der Waals surface area contributed by atoms with Crippen LogP contribution in [0.4, 0.5) is 0 Å². The number of rotatable bonds is 9. The molecule has 2 rings (SSSR count). The molecule has 0 aromatic heterocycles. The number of unbranched alkanes of at least 4 members (excludes halogenated alkanes) is 3. The van der Waals surface area contributed by atoms with E-state index in [0.717, 1.165) is 17.2 Å². The topological polar surface area (TPSA) is 0 Å². The van der Waals surface area contributed by atoms with Crippen molar-refractivity contribution in [2.75, 3.05) is 12.3 Å². The van der Waals surface area contributed by atoms with Gasteiger partial charge < -0.3 is 0 Å². The van der Waals surface area contributed by atoms with Gasteiger partial charge in [-0.15, -0.1) is 0 Å². The molecule has 2 atom stereocenters. The van der Waals surface area contributed by atoms with Crippen molar-refractivity contribution in [1.82, 2.24) is 0 Å². The van der Waals surface area contributed by atoms with Crippen LogP contribution in [0.3, 0.4) is 0 Å². The van der Waals surface area contributed by atoms with Gasteiger partial charge in [0.25, 0.3) is 0 Å². The second kappa shape index (κ2) is 10.1. The second-order valence-electron chi connectivity index (χ2n) is 6.00. The minimum Gasteiger partial charge on any atom is -0.0904 e. The van der Waals surface area contributed by atoms with Crippen molar-refractivity contribution in [1.29, 1.82) is 0 Å². The van der Waals surface area contributed by atoms with E-state index in [9.17, 15) is 0 Å². The zero-order valence-electron chi connectivity index (χ0n) is 13.9. The van der Waals surface area contributed by atoms with Crippen molar-refractivity contribution in [2.45, 2.75) is 39.5 Å². The molecule has 0 aliphatic rings. The average molecular weight is 330 g/mol. The molecule has 2 aromatic rings. The highest BCUT2D eigenvalue weighted by Gasteiger charge is 1.96. The summed E-state index contributed by atoms with van der Waals surface area (Å²) in [4.78, 5) is 0. The van der Waals surface area contributed by atoms with Crippen LogP contribution in [0.5, 0.6) is 0 Å². The SMILES string of the molecule is Cc1ccc(PCCCCCCPc2ccc(C)cc2)cc1. The lowest BCUT2D eigenvalue weighted by atomic mass is 10.2. The molecule has 2 heteroatoms. The maximum atomic E-state index is 2.29. The summed E-state index contributed by atoms with van der Waals surface area (Å²) in [5.41, 5.74) is 2.73. The van der Waals surface area contributed by atoms with Gasteiger partial charge in [0.1, 0.15) is 0 Å². The lowest BCUT2D eigenvalue weighted by Gasteiger charge is -2.04. The van der Waals surface area contributed by atoms with Gasteiger partial charge in [-0.2, -0.15) is 0 Å². The third-order valence-corrected chi connectivity index (χ3v) is 6.56. The van der Waals surface area contributed by atoms with E-state index in [2.05, 4.69) is 62.4 Å². The molecule has 0 bridgehead atoms. The number of benzene rings is 2. The summed E-state index contributed by atoms with van der Waals surface area (Å²) in [5, 5.41) is 3.04. The molecular formula is C20H28P2. The van der Waals surface area contributed by atoms with Gasteiger partial charge in [-0.3, -0.25) is 0 Å². The van der Waals surface area contributed by atoms with E-state index in [0.29, 0.717) is 0 Å². The number of aryl methyl sites for hydroxylation is 2. The van der Waals surface area contributed by atoms with Gasteiger partial charge in [0.2, 0.25) is 0 Å². The van der Waals surface area contributed by atoms with Gasteiger partial charge in [-0.05, 0) is 49.6 Å². The molecule has 0 N–H and O–H groups in total. The van der Waals surface area contributed by atoms with Gasteiger partial charge >= 0.3 is 0 Å². The van der Waals surface area contributed by atoms with Crippen LogP contribution in [0, 0.1) is 13.8 Å². The van der Waals surface area contributed by atoms with E-state index in [-0.39, 0.29) is 0 Å². The standard InChI is InChI=1S/C20H28P2/c1-17-7-11-19(12-8-17)21-15-5-3-4-6-16-22-20-13-9-18(2)10-14-20/h7-14,21-22H,3-6,15-16H2,1-2H3. The van der Waals surface area contributed by atoms with Crippen LogP contribution in [0.1, 0.15) is 36.8 Å². The smallest absolute Gasteiger partial charge is 0.0271 e. The Kier molecular flexibility index (Phi) is 8.14. The van der Waals surface area contributed by atoms with Crippen LogP contribution in [-0.4, -0.2) is 12.3 Å². The molecule has 0 heterocycles. The lowest BCUT2D eigenvalue weighted by Crippen LogP contribution is -1.96. The van der Waals surface area contributed by atoms with Gasteiger partial charge in [0.05, 0.1) is 0 Å².